The zero-order valence-electron chi connectivity index (χ0n) is 11.5. The minimum Gasteiger partial charge on any atom is -0.162 e. The van der Waals surface area contributed by atoms with Crippen LogP contribution in [-0.4, -0.2) is 14.8 Å². The summed E-state index contributed by atoms with van der Waals surface area (Å²) >= 11 is 12.9. The summed E-state index contributed by atoms with van der Waals surface area (Å²) in [6.07, 6.45) is 0. The monoisotopic (exact) mass is 314 g/mol. The van der Waals surface area contributed by atoms with Gasteiger partial charge in [0, 0.05) is 0 Å². The molecule has 18 heavy (non-hydrogen) atoms. The zero-order valence-corrected chi connectivity index (χ0v) is 15.0. The van der Waals surface area contributed by atoms with Crippen LogP contribution in [0.5, 0.6) is 0 Å². The number of hydrogen-bond acceptors (Lipinski definition) is 0. The van der Waals surface area contributed by atoms with E-state index in [0.29, 0.717) is 0 Å². The molecule has 0 saturated heterocycles. The zero-order chi connectivity index (χ0) is 14.1. The minimum atomic E-state index is -1.88. The highest BCUT2D eigenvalue weighted by atomic mass is 35.6. The van der Waals surface area contributed by atoms with Gasteiger partial charge in [-0.15, -0.1) is 0 Å². The van der Waals surface area contributed by atoms with Crippen molar-refractivity contribution < 1.29 is 0 Å². The molecule has 0 aliphatic rings. The summed E-state index contributed by atoms with van der Waals surface area (Å²) in [6.45, 7) is 16.6. The Morgan fingerprint density at radius 2 is 1.22 bits per heavy atom. The highest BCUT2D eigenvalue weighted by molar-refractivity contribution is 7.29. The molecule has 0 bridgehead atoms. The molecule has 0 atom stereocenters. The van der Waals surface area contributed by atoms with E-state index < -0.39 is 14.8 Å². The van der Waals surface area contributed by atoms with E-state index in [-0.39, 0.29) is 0 Å². The SMILES string of the molecule is C=C(c1cccc(C(=C)[Si](C)(C)Cl)c1)[Si](C)(C)Cl. The Kier molecular flexibility index (Phi) is 4.71. The van der Waals surface area contributed by atoms with Gasteiger partial charge in [0.15, 0.2) is 14.8 Å². The summed E-state index contributed by atoms with van der Waals surface area (Å²) in [7, 11) is -3.76. The summed E-state index contributed by atoms with van der Waals surface area (Å²) < 4.78 is 0. The second kappa shape index (κ2) is 5.37. The van der Waals surface area contributed by atoms with Crippen molar-refractivity contribution in [2.45, 2.75) is 26.2 Å². The van der Waals surface area contributed by atoms with Crippen molar-refractivity contribution in [2.75, 3.05) is 0 Å². The standard InChI is InChI=1S/C14H20Cl2Si2/c1-11(17(3,4)15)13-8-7-9-14(10-13)12(2)18(5,6)16/h7-10H,1-2H2,3-6H3. The quantitative estimate of drug-likeness (QED) is 0.495. The first-order chi connectivity index (χ1) is 8.03. The summed E-state index contributed by atoms with van der Waals surface area (Å²) in [5.74, 6) is 0. The van der Waals surface area contributed by atoms with E-state index in [4.69, 9.17) is 22.2 Å². The fourth-order valence-electron chi connectivity index (χ4n) is 1.58. The van der Waals surface area contributed by atoms with Crippen molar-refractivity contribution in [3.05, 3.63) is 48.6 Å². The smallest absolute Gasteiger partial charge is 0.162 e. The molecule has 0 unspecified atom stereocenters. The Hall–Kier alpha value is -0.286. The molecule has 1 aromatic rings. The predicted molar refractivity (Wildman–Crippen MR) is 91.2 cm³/mol. The average Bonchev–Trinajstić information content (AvgIpc) is 2.24. The van der Waals surface area contributed by atoms with Gasteiger partial charge >= 0.3 is 0 Å². The molecule has 4 heteroatoms. The first kappa shape index (κ1) is 15.8. The number of benzene rings is 1. The van der Waals surface area contributed by atoms with Gasteiger partial charge in [-0.1, -0.05) is 57.5 Å². The van der Waals surface area contributed by atoms with Gasteiger partial charge in [0.05, 0.1) is 0 Å². The highest BCUT2D eigenvalue weighted by Gasteiger charge is 2.25. The number of rotatable bonds is 4. The van der Waals surface area contributed by atoms with Crippen molar-refractivity contribution in [2.24, 2.45) is 0 Å². The minimum absolute atomic E-state index is 1.05. The van der Waals surface area contributed by atoms with E-state index in [1.54, 1.807) is 0 Å². The molecule has 0 radical (unpaired) electrons. The summed E-state index contributed by atoms with van der Waals surface area (Å²) in [4.78, 5) is 0. The third-order valence-corrected chi connectivity index (χ3v) is 7.81. The molecule has 0 saturated carbocycles. The van der Waals surface area contributed by atoms with Crippen LogP contribution in [0.25, 0.3) is 10.4 Å². The van der Waals surface area contributed by atoms with Gasteiger partial charge in [-0.2, -0.15) is 22.2 Å². The predicted octanol–water partition coefficient (Wildman–Crippen LogP) is 5.68. The Balaban J connectivity index is 3.16. The fourth-order valence-corrected chi connectivity index (χ4v) is 3.92. The second-order valence-electron chi connectivity index (χ2n) is 5.48. The Morgan fingerprint density at radius 1 is 0.889 bits per heavy atom. The van der Waals surface area contributed by atoms with E-state index >= 15 is 0 Å². The van der Waals surface area contributed by atoms with Crippen molar-refractivity contribution in [1.29, 1.82) is 0 Å². The van der Waals surface area contributed by atoms with Crippen LogP contribution >= 0.6 is 22.2 Å². The lowest BCUT2D eigenvalue weighted by Crippen LogP contribution is -2.20. The normalized spacial score (nSPS) is 12.3. The summed E-state index contributed by atoms with van der Waals surface area (Å²) in [6, 6.07) is 8.24. The number of hydrogen-bond donors (Lipinski definition) is 0. The van der Waals surface area contributed by atoms with Crippen LogP contribution in [0.2, 0.25) is 26.2 Å². The van der Waals surface area contributed by atoms with E-state index in [0.717, 1.165) is 21.5 Å². The van der Waals surface area contributed by atoms with Crippen LogP contribution in [0, 0.1) is 0 Å². The largest absolute Gasteiger partial charge is 0.180 e. The van der Waals surface area contributed by atoms with Crippen LogP contribution in [-0.2, 0) is 0 Å². The lowest BCUT2D eigenvalue weighted by Gasteiger charge is -2.20. The molecule has 0 N–H and O–H groups in total. The molecule has 0 fully saturated rings. The number of halogens is 2. The average molecular weight is 315 g/mol. The molecule has 0 amide bonds. The van der Waals surface area contributed by atoms with Gasteiger partial charge in [0.25, 0.3) is 0 Å². The molecule has 0 heterocycles. The lowest BCUT2D eigenvalue weighted by molar-refractivity contribution is 1.59. The molecule has 98 valence electrons. The molecular weight excluding hydrogens is 295 g/mol. The molecule has 0 aliphatic carbocycles. The first-order valence-corrected chi connectivity index (χ1v) is 13.9. The van der Waals surface area contributed by atoms with Crippen LogP contribution < -0.4 is 0 Å². The molecule has 1 aromatic carbocycles. The van der Waals surface area contributed by atoms with E-state index in [9.17, 15) is 0 Å². The van der Waals surface area contributed by atoms with Crippen molar-refractivity contribution >= 4 is 47.3 Å². The highest BCUT2D eigenvalue weighted by Crippen LogP contribution is 2.32. The van der Waals surface area contributed by atoms with Gasteiger partial charge in [0.1, 0.15) is 0 Å². The molecule has 1 rings (SSSR count). The van der Waals surface area contributed by atoms with Crippen LogP contribution in [0.1, 0.15) is 11.1 Å². The van der Waals surface area contributed by atoms with E-state index in [2.05, 4.69) is 57.5 Å². The maximum atomic E-state index is 6.44. The Labute approximate surface area is 122 Å². The topological polar surface area (TPSA) is 0 Å². The van der Waals surface area contributed by atoms with Gasteiger partial charge in [-0.25, -0.2) is 0 Å². The van der Waals surface area contributed by atoms with Gasteiger partial charge in [-0.05, 0) is 27.6 Å². The second-order valence-corrected chi connectivity index (χ2v) is 18.2. The van der Waals surface area contributed by atoms with Crippen molar-refractivity contribution in [3.63, 3.8) is 0 Å². The van der Waals surface area contributed by atoms with Crippen LogP contribution in [0.15, 0.2) is 37.4 Å². The van der Waals surface area contributed by atoms with Crippen LogP contribution in [0.3, 0.4) is 0 Å². The maximum absolute atomic E-state index is 6.44. The lowest BCUT2D eigenvalue weighted by atomic mass is 10.1. The van der Waals surface area contributed by atoms with Gasteiger partial charge in [-0.3, -0.25) is 0 Å². The van der Waals surface area contributed by atoms with Crippen molar-refractivity contribution in [1.82, 2.24) is 0 Å². The molecule has 0 nitrogen and oxygen atoms in total. The Bertz CT molecular complexity index is 438. The summed E-state index contributed by atoms with van der Waals surface area (Å²) in [5.41, 5.74) is 2.21. The van der Waals surface area contributed by atoms with E-state index in [1.165, 1.54) is 0 Å². The van der Waals surface area contributed by atoms with Crippen molar-refractivity contribution in [3.8, 4) is 0 Å². The third-order valence-electron chi connectivity index (χ3n) is 2.99. The van der Waals surface area contributed by atoms with Crippen LogP contribution in [0.4, 0.5) is 0 Å². The molecule has 0 aromatic heterocycles. The fraction of sp³-hybridized carbons (Fsp3) is 0.286. The summed E-state index contributed by atoms with van der Waals surface area (Å²) in [5, 5.41) is 2.10. The van der Waals surface area contributed by atoms with Gasteiger partial charge in [0.2, 0.25) is 0 Å². The third kappa shape index (κ3) is 3.85. The molecular formula is C14H20Cl2Si2. The first-order valence-electron chi connectivity index (χ1n) is 5.91. The van der Waals surface area contributed by atoms with E-state index in [1.807, 2.05) is 6.07 Å². The Morgan fingerprint density at radius 3 is 1.50 bits per heavy atom. The maximum Gasteiger partial charge on any atom is 0.180 e. The van der Waals surface area contributed by atoms with Gasteiger partial charge < -0.3 is 0 Å². The molecule has 0 spiro atoms. The molecule has 0 aliphatic heterocycles.